The van der Waals surface area contributed by atoms with E-state index in [4.69, 9.17) is 0 Å². The lowest BCUT2D eigenvalue weighted by molar-refractivity contribution is 0.102. The van der Waals surface area contributed by atoms with Gasteiger partial charge in [0.1, 0.15) is 5.69 Å². The van der Waals surface area contributed by atoms with Gasteiger partial charge in [-0.05, 0) is 60.0 Å². The van der Waals surface area contributed by atoms with Gasteiger partial charge in [0, 0.05) is 18.2 Å². The molecule has 0 spiro atoms. The number of fused-ring (bicyclic) bond motifs is 1. The van der Waals surface area contributed by atoms with Crippen molar-refractivity contribution in [3.05, 3.63) is 40.3 Å². The second kappa shape index (κ2) is 5.06. The van der Waals surface area contributed by atoms with Gasteiger partial charge >= 0.3 is 0 Å². The van der Waals surface area contributed by atoms with Gasteiger partial charge in [-0.1, -0.05) is 31.5 Å². The Morgan fingerprint density at radius 3 is 2.95 bits per heavy atom. The summed E-state index contributed by atoms with van der Waals surface area (Å²) >= 11 is 0. The zero-order valence-corrected chi connectivity index (χ0v) is 12.6. The lowest BCUT2D eigenvalue weighted by Crippen LogP contribution is -2.47. The van der Waals surface area contributed by atoms with Crippen LogP contribution in [0.3, 0.4) is 0 Å². The van der Waals surface area contributed by atoms with Gasteiger partial charge in [-0.15, -0.1) is 4.91 Å². The van der Waals surface area contributed by atoms with Crippen LogP contribution >= 0.6 is 0 Å². The van der Waals surface area contributed by atoms with Crippen LogP contribution < -0.4 is 0 Å². The van der Waals surface area contributed by atoms with Gasteiger partial charge in [0.05, 0.1) is 0 Å². The molecule has 1 saturated carbocycles. The summed E-state index contributed by atoms with van der Waals surface area (Å²) in [6.07, 6.45) is 4.93. The molecular weight excluding hydrogens is 260 g/mol. The molecule has 0 radical (unpaired) electrons. The molecular formula is C18H22N2O. The van der Waals surface area contributed by atoms with Crippen molar-refractivity contribution in [2.45, 2.75) is 38.6 Å². The largest absolute Gasteiger partial charge is 0.296 e. The van der Waals surface area contributed by atoms with Crippen LogP contribution in [0, 0.1) is 16.7 Å². The van der Waals surface area contributed by atoms with Crippen LogP contribution in [0.5, 0.6) is 0 Å². The molecule has 0 aromatic heterocycles. The van der Waals surface area contributed by atoms with Gasteiger partial charge < -0.3 is 0 Å². The van der Waals surface area contributed by atoms with Gasteiger partial charge in [0.25, 0.3) is 0 Å². The summed E-state index contributed by atoms with van der Waals surface area (Å²) in [6.45, 7) is 4.73. The standard InChI is InChI=1S/C18H22N2O/c1-2-13-12-7-9-20-10-8-14(16(11-12)18(13)20)15-5-3-4-6-17(15)19-21/h3-6,12-13,18H,2,7-11H2,1H3/t12-,13+,18-/m1/s1. The molecule has 2 fully saturated rings. The molecule has 3 atom stereocenters. The van der Waals surface area contributed by atoms with E-state index in [0.29, 0.717) is 11.7 Å². The third kappa shape index (κ3) is 1.90. The first-order chi connectivity index (χ1) is 10.3. The van der Waals surface area contributed by atoms with Gasteiger partial charge in [0.15, 0.2) is 0 Å². The van der Waals surface area contributed by atoms with Crippen LogP contribution in [0.2, 0.25) is 0 Å². The summed E-state index contributed by atoms with van der Waals surface area (Å²) in [5, 5.41) is 3.25. The highest BCUT2D eigenvalue weighted by Crippen LogP contribution is 2.52. The first-order valence-electron chi connectivity index (χ1n) is 8.22. The van der Waals surface area contributed by atoms with E-state index >= 15 is 0 Å². The van der Waals surface area contributed by atoms with Crippen LogP contribution in [0.15, 0.2) is 35.0 Å². The predicted octanol–water partition coefficient (Wildman–Crippen LogP) is 4.36. The van der Waals surface area contributed by atoms with E-state index in [9.17, 15) is 4.91 Å². The van der Waals surface area contributed by atoms with Gasteiger partial charge in [-0.2, -0.15) is 0 Å². The first-order valence-corrected chi connectivity index (χ1v) is 8.22. The summed E-state index contributed by atoms with van der Waals surface area (Å²) in [5.41, 5.74) is 4.74. The third-order valence-electron chi connectivity index (χ3n) is 5.87. The second-order valence-electron chi connectivity index (χ2n) is 6.67. The maximum atomic E-state index is 11.1. The Kier molecular flexibility index (Phi) is 3.18. The molecule has 0 N–H and O–H groups in total. The zero-order chi connectivity index (χ0) is 14.4. The summed E-state index contributed by atoms with van der Waals surface area (Å²) < 4.78 is 0. The minimum atomic E-state index is 0.614. The molecule has 3 nitrogen and oxygen atoms in total. The minimum absolute atomic E-state index is 0.614. The monoisotopic (exact) mass is 282 g/mol. The smallest absolute Gasteiger partial charge is 0.115 e. The average molecular weight is 282 g/mol. The van der Waals surface area contributed by atoms with Gasteiger partial charge in [-0.3, -0.25) is 4.90 Å². The highest BCUT2D eigenvalue weighted by atomic mass is 16.3. The molecule has 0 amide bonds. The fourth-order valence-electron chi connectivity index (χ4n) is 4.99. The third-order valence-corrected chi connectivity index (χ3v) is 5.87. The van der Waals surface area contributed by atoms with Crippen molar-refractivity contribution in [1.29, 1.82) is 0 Å². The van der Waals surface area contributed by atoms with Crippen LogP contribution in [-0.4, -0.2) is 24.0 Å². The summed E-state index contributed by atoms with van der Waals surface area (Å²) in [6, 6.07) is 8.50. The maximum absolute atomic E-state index is 11.1. The van der Waals surface area contributed by atoms with Crippen molar-refractivity contribution in [2.75, 3.05) is 13.1 Å². The van der Waals surface area contributed by atoms with Crippen molar-refractivity contribution in [2.24, 2.45) is 17.0 Å². The number of hydrogen-bond donors (Lipinski definition) is 0. The Morgan fingerprint density at radius 1 is 1.29 bits per heavy atom. The molecule has 1 aromatic carbocycles. The Morgan fingerprint density at radius 2 is 2.14 bits per heavy atom. The minimum Gasteiger partial charge on any atom is -0.296 e. The fourth-order valence-corrected chi connectivity index (χ4v) is 4.99. The Hall–Kier alpha value is -1.48. The van der Waals surface area contributed by atoms with Crippen LogP contribution in [-0.2, 0) is 0 Å². The van der Waals surface area contributed by atoms with Gasteiger partial charge in [-0.25, -0.2) is 0 Å². The normalized spacial score (nSPS) is 31.6. The van der Waals surface area contributed by atoms with E-state index in [1.807, 2.05) is 18.2 Å². The molecule has 0 unspecified atom stereocenters. The SMILES string of the molecule is CC[C@H]1[C@@H]2CCN3CCC(c4ccccc4N=O)=C(C2)[C@@H]13. The second-order valence-corrected chi connectivity index (χ2v) is 6.67. The van der Waals surface area contributed by atoms with Crippen molar-refractivity contribution in [3.63, 3.8) is 0 Å². The van der Waals surface area contributed by atoms with Gasteiger partial charge in [0.2, 0.25) is 0 Å². The molecule has 1 aliphatic carbocycles. The van der Waals surface area contributed by atoms with E-state index in [1.54, 1.807) is 5.57 Å². The number of piperidine rings is 1. The topological polar surface area (TPSA) is 32.7 Å². The molecule has 110 valence electrons. The molecule has 2 heterocycles. The Bertz CT molecular complexity index is 607. The predicted molar refractivity (Wildman–Crippen MR) is 85.3 cm³/mol. The van der Waals surface area contributed by atoms with Crippen molar-refractivity contribution < 1.29 is 0 Å². The average Bonchev–Trinajstić information content (AvgIpc) is 2.86. The molecule has 1 saturated heterocycles. The number of benzene rings is 1. The molecule has 2 bridgehead atoms. The van der Waals surface area contributed by atoms with Crippen LogP contribution in [0.4, 0.5) is 5.69 Å². The number of nitroso groups, excluding NO2 is 1. The number of rotatable bonds is 3. The van der Waals surface area contributed by atoms with E-state index in [-0.39, 0.29) is 0 Å². The Labute approximate surface area is 126 Å². The fraction of sp³-hybridized carbons (Fsp3) is 0.556. The quantitative estimate of drug-likeness (QED) is 0.771. The molecule has 3 heteroatoms. The molecule has 4 rings (SSSR count). The van der Waals surface area contributed by atoms with E-state index in [0.717, 1.165) is 30.4 Å². The van der Waals surface area contributed by atoms with E-state index in [2.05, 4.69) is 23.1 Å². The molecule has 1 aromatic rings. The maximum Gasteiger partial charge on any atom is 0.115 e. The molecule has 2 aliphatic heterocycles. The number of nitrogens with zero attached hydrogens (tertiary/aromatic N) is 2. The molecule has 21 heavy (non-hydrogen) atoms. The van der Waals surface area contributed by atoms with Crippen LogP contribution in [0.25, 0.3) is 5.57 Å². The number of hydrogen-bond acceptors (Lipinski definition) is 3. The van der Waals surface area contributed by atoms with Crippen molar-refractivity contribution in [1.82, 2.24) is 4.90 Å². The highest BCUT2D eigenvalue weighted by Gasteiger charge is 2.47. The lowest BCUT2D eigenvalue weighted by atomic mass is 9.82. The van der Waals surface area contributed by atoms with Crippen molar-refractivity contribution >= 4 is 11.3 Å². The summed E-state index contributed by atoms with van der Waals surface area (Å²) in [7, 11) is 0. The van der Waals surface area contributed by atoms with Crippen molar-refractivity contribution in [3.8, 4) is 0 Å². The summed E-state index contributed by atoms with van der Waals surface area (Å²) in [4.78, 5) is 13.8. The van der Waals surface area contributed by atoms with E-state index in [1.165, 1.54) is 31.4 Å². The molecule has 3 aliphatic rings. The van der Waals surface area contributed by atoms with E-state index < -0.39 is 0 Å². The first kappa shape index (κ1) is 13.2. The zero-order valence-electron chi connectivity index (χ0n) is 12.6. The highest BCUT2D eigenvalue weighted by molar-refractivity contribution is 5.78. The lowest BCUT2D eigenvalue weighted by Gasteiger charge is -2.42. The summed E-state index contributed by atoms with van der Waals surface area (Å²) in [5.74, 6) is 1.68. The Balaban J connectivity index is 1.84. The van der Waals surface area contributed by atoms with Crippen LogP contribution in [0.1, 0.15) is 38.2 Å².